The first kappa shape index (κ1) is 25.9. The molecule has 0 fully saturated rings. The molecule has 0 saturated carbocycles. The maximum Gasteiger partial charge on any atom is 0.222 e. The van der Waals surface area contributed by atoms with E-state index in [2.05, 4.69) is 22.3 Å². The van der Waals surface area contributed by atoms with Crippen molar-refractivity contribution in [2.45, 2.75) is 25.9 Å². The number of hydrogen-bond donors (Lipinski definition) is 1. The Morgan fingerprint density at radius 3 is 2.23 bits per heavy atom. The largest absolute Gasteiger partial charge is 0.497 e. The van der Waals surface area contributed by atoms with E-state index in [0.29, 0.717) is 25.3 Å². The van der Waals surface area contributed by atoms with E-state index in [1.165, 1.54) is 0 Å². The number of hydrogen-bond acceptors (Lipinski definition) is 5. The van der Waals surface area contributed by atoms with Gasteiger partial charge in [-0.3, -0.25) is 4.79 Å². The number of nitrogens with one attached hydrogen (secondary N) is 1. The number of para-hydroxylation sites is 1. The quantitative estimate of drug-likeness (QED) is 0.227. The van der Waals surface area contributed by atoms with Crippen LogP contribution in [0.4, 0.5) is 5.82 Å². The number of ether oxygens (including phenoxy) is 1. The number of rotatable bonds is 10. The average molecular weight is 517 g/mol. The second-order valence-corrected chi connectivity index (χ2v) is 9.47. The number of carbonyl (C=O) groups is 1. The van der Waals surface area contributed by atoms with Gasteiger partial charge in [0.05, 0.1) is 18.7 Å². The summed E-state index contributed by atoms with van der Waals surface area (Å²) in [6.45, 7) is 3.13. The van der Waals surface area contributed by atoms with Gasteiger partial charge in [0.15, 0.2) is 5.82 Å². The molecule has 0 radical (unpaired) electrons. The van der Waals surface area contributed by atoms with Gasteiger partial charge in [-0.1, -0.05) is 72.8 Å². The zero-order valence-corrected chi connectivity index (χ0v) is 22.2. The van der Waals surface area contributed by atoms with Crippen molar-refractivity contribution in [1.29, 1.82) is 0 Å². The normalized spacial score (nSPS) is 11.6. The minimum absolute atomic E-state index is 0.00171. The number of benzene rings is 4. The van der Waals surface area contributed by atoms with Crippen molar-refractivity contribution in [2.24, 2.45) is 0 Å². The van der Waals surface area contributed by atoms with Crippen molar-refractivity contribution in [1.82, 2.24) is 15.3 Å². The number of aromatic nitrogens is 2. The van der Waals surface area contributed by atoms with Crippen LogP contribution in [0.25, 0.3) is 22.3 Å². The van der Waals surface area contributed by atoms with Crippen LogP contribution in [0, 0.1) is 0 Å². The third-order valence-electron chi connectivity index (χ3n) is 6.73. The highest BCUT2D eigenvalue weighted by Gasteiger charge is 2.18. The molecule has 0 aliphatic heterocycles. The molecule has 0 aliphatic carbocycles. The van der Waals surface area contributed by atoms with Crippen molar-refractivity contribution in [2.75, 3.05) is 18.6 Å². The van der Waals surface area contributed by atoms with Crippen molar-refractivity contribution >= 4 is 22.6 Å². The van der Waals surface area contributed by atoms with E-state index in [4.69, 9.17) is 14.7 Å². The lowest BCUT2D eigenvalue weighted by atomic mass is 10.1. The summed E-state index contributed by atoms with van der Waals surface area (Å²) >= 11 is 0. The molecule has 1 N–H and O–H groups in total. The maximum absolute atomic E-state index is 13.0. The maximum atomic E-state index is 13.0. The summed E-state index contributed by atoms with van der Waals surface area (Å²) in [6, 6.07) is 36.0. The molecule has 1 aromatic heterocycles. The SMILES string of the molecule is COc1ccc(-c2nc(N(CCC(=O)NC(C)c3ccccc3)Cc3ccccc3)c3ccccc3n2)cc1. The van der Waals surface area contributed by atoms with Crippen molar-refractivity contribution in [3.05, 3.63) is 120 Å². The molecule has 1 atom stereocenters. The zero-order valence-electron chi connectivity index (χ0n) is 22.2. The van der Waals surface area contributed by atoms with Crippen LogP contribution >= 0.6 is 0 Å². The Labute approximate surface area is 229 Å². The molecule has 1 amide bonds. The van der Waals surface area contributed by atoms with E-state index < -0.39 is 0 Å². The number of nitrogens with zero attached hydrogens (tertiary/aromatic N) is 3. The van der Waals surface area contributed by atoms with Gasteiger partial charge >= 0.3 is 0 Å². The van der Waals surface area contributed by atoms with E-state index in [0.717, 1.165) is 39.2 Å². The Morgan fingerprint density at radius 1 is 0.846 bits per heavy atom. The Hall–Kier alpha value is -4.71. The second-order valence-electron chi connectivity index (χ2n) is 9.47. The average Bonchev–Trinajstić information content (AvgIpc) is 2.99. The zero-order chi connectivity index (χ0) is 27.0. The fraction of sp³-hybridized carbons (Fsp3) is 0.182. The van der Waals surface area contributed by atoms with Crippen molar-refractivity contribution in [3.8, 4) is 17.1 Å². The summed E-state index contributed by atoms with van der Waals surface area (Å²) in [5.74, 6) is 2.21. The third kappa shape index (κ3) is 6.41. The molecule has 196 valence electrons. The minimum atomic E-state index is -0.0668. The summed E-state index contributed by atoms with van der Waals surface area (Å²) in [5.41, 5.74) is 3.98. The molecule has 5 rings (SSSR count). The Bertz CT molecular complexity index is 1520. The molecular weight excluding hydrogens is 484 g/mol. The van der Waals surface area contributed by atoms with E-state index in [-0.39, 0.29) is 11.9 Å². The molecule has 0 saturated heterocycles. The first-order chi connectivity index (χ1) is 19.1. The van der Waals surface area contributed by atoms with Gasteiger partial charge in [0.1, 0.15) is 11.6 Å². The molecule has 6 nitrogen and oxygen atoms in total. The van der Waals surface area contributed by atoms with Gasteiger partial charge in [0.25, 0.3) is 0 Å². The lowest BCUT2D eigenvalue weighted by molar-refractivity contribution is -0.121. The van der Waals surface area contributed by atoms with Crippen LogP contribution in [0.15, 0.2) is 109 Å². The van der Waals surface area contributed by atoms with Crippen LogP contribution in [-0.4, -0.2) is 29.5 Å². The molecule has 1 unspecified atom stereocenters. The van der Waals surface area contributed by atoms with E-state index in [1.54, 1.807) is 7.11 Å². The van der Waals surface area contributed by atoms with E-state index in [9.17, 15) is 4.79 Å². The van der Waals surface area contributed by atoms with Gasteiger partial charge in [-0.15, -0.1) is 0 Å². The van der Waals surface area contributed by atoms with Gasteiger partial charge in [0.2, 0.25) is 5.91 Å². The molecule has 0 bridgehead atoms. The summed E-state index contributed by atoms with van der Waals surface area (Å²) < 4.78 is 5.33. The molecule has 1 heterocycles. The summed E-state index contributed by atoms with van der Waals surface area (Å²) in [5, 5.41) is 4.09. The minimum Gasteiger partial charge on any atom is -0.497 e. The fourth-order valence-electron chi connectivity index (χ4n) is 4.61. The molecule has 39 heavy (non-hydrogen) atoms. The van der Waals surface area contributed by atoms with Crippen LogP contribution in [0.5, 0.6) is 5.75 Å². The number of amides is 1. The number of anilines is 1. The first-order valence-corrected chi connectivity index (χ1v) is 13.1. The summed E-state index contributed by atoms with van der Waals surface area (Å²) in [6.07, 6.45) is 0.334. The number of methoxy groups -OCH3 is 1. The monoisotopic (exact) mass is 516 g/mol. The smallest absolute Gasteiger partial charge is 0.222 e. The van der Waals surface area contributed by atoms with E-state index >= 15 is 0 Å². The van der Waals surface area contributed by atoms with Gasteiger partial charge < -0.3 is 15.0 Å². The molecule has 0 spiro atoms. The summed E-state index contributed by atoms with van der Waals surface area (Å²) in [4.78, 5) is 25.1. The lowest BCUT2D eigenvalue weighted by Crippen LogP contribution is -2.32. The predicted octanol–water partition coefficient (Wildman–Crippen LogP) is 6.58. The second kappa shape index (κ2) is 12.2. The first-order valence-electron chi connectivity index (χ1n) is 13.1. The molecular formula is C33H32N4O2. The highest BCUT2D eigenvalue weighted by atomic mass is 16.5. The number of carbonyl (C=O) groups excluding carboxylic acids is 1. The van der Waals surface area contributed by atoms with Crippen molar-refractivity contribution < 1.29 is 9.53 Å². The van der Waals surface area contributed by atoms with Crippen molar-refractivity contribution in [3.63, 3.8) is 0 Å². The van der Waals surface area contributed by atoms with Crippen LogP contribution in [0.1, 0.15) is 30.5 Å². The van der Waals surface area contributed by atoms with Gasteiger partial charge in [-0.25, -0.2) is 9.97 Å². The molecule has 5 aromatic rings. The van der Waals surface area contributed by atoms with Crippen LogP contribution in [-0.2, 0) is 11.3 Å². The third-order valence-corrected chi connectivity index (χ3v) is 6.73. The lowest BCUT2D eigenvalue weighted by Gasteiger charge is -2.26. The molecule has 6 heteroatoms. The van der Waals surface area contributed by atoms with Crippen LogP contribution in [0.2, 0.25) is 0 Å². The number of fused-ring (bicyclic) bond motifs is 1. The van der Waals surface area contributed by atoms with Crippen LogP contribution < -0.4 is 15.0 Å². The Kier molecular flexibility index (Phi) is 8.12. The predicted molar refractivity (Wildman–Crippen MR) is 157 cm³/mol. The molecule has 4 aromatic carbocycles. The topological polar surface area (TPSA) is 67.3 Å². The fourth-order valence-corrected chi connectivity index (χ4v) is 4.61. The van der Waals surface area contributed by atoms with Gasteiger partial charge in [-0.05, 0) is 54.4 Å². The molecule has 0 aliphatic rings. The highest BCUT2D eigenvalue weighted by Crippen LogP contribution is 2.29. The Balaban J connectivity index is 1.46. The Morgan fingerprint density at radius 2 is 1.51 bits per heavy atom. The standard InChI is InChI=1S/C33H32N4O2/c1-24(26-13-7-4-8-14-26)34-31(38)21-22-37(23-25-11-5-3-6-12-25)33-29-15-9-10-16-30(29)35-32(36-33)27-17-19-28(39-2)20-18-27/h3-20,24H,21-23H2,1-2H3,(H,34,38). The van der Waals surface area contributed by atoms with Gasteiger partial charge in [-0.2, -0.15) is 0 Å². The van der Waals surface area contributed by atoms with E-state index in [1.807, 2.05) is 104 Å². The van der Waals surface area contributed by atoms with Gasteiger partial charge in [0, 0.05) is 30.5 Å². The summed E-state index contributed by atoms with van der Waals surface area (Å²) in [7, 11) is 1.65. The van der Waals surface area contributed by atoms with Crippen LogP contribution in [0.3, 0.4) is 0 Å². The highest BCUT2D eigenvalue weighted by molar-refractivity contribution is 5.91.